The Morgan fingerprint density at radius 1 is 1.28 bits per heavy atom. The molecule has 0 spiro atoms. The van der Waals surface area contributed by atoms with Gasteiger partial charge in [-0.25, -0.2) is 4.79 Å². The molecule has 1 atom stereocenters. The summed E-state index contributed by atoms with van der Waals surface area (Å²) < 4.78 is 9.99. The topological polar surface area (TPSA) is 113 Å². The Kier molecular flexibility index (Phi) is 5.99. The summed E-state index contributed by atoms with van der Waals surface area (Å²) in [5.41, 5.74) is 0.680. The Morgan fingerprint density at radius 3 is 2.56 bits per heavy atom. The van der Waals surface area contributed by atoms with E-state index >= 15 is 0 Å². The molecule has 1 aliphatic carbocycles. The highest BCUT2D eigenvalue weighted by Crippen LogP contribution is 2.22. The summed E-state index contributed by atoms with van der Waals surface area (Å²) in [6.07, 6.45) is 2.23. The summed E-state index contributed by atoms with van der Waals surface area (Å²) in [5, 5.41) is 10.6. The second-order valence-electron chi connectivity index (χ2n) is 5.47. The Morgan fingerprint density at radius 2 is 1.96 bits per heavy atom. The lowest BCUT2D eigenvalue weighted by molar-refractivity contribution is -0.384. The first kappa shape index (κ1) is 18.3. The summed E-state index contributed by atoms with van der Waals surface area (Å²) in [5.74, 6) is -1.29. The van der Waals surface area contributed by atoms with E-state index in [1.165, 1.54) is 31.2 Å². The number of hydrogen-bond donors (Lipinski definition) is 0. The minimum absolute atomic E-state index is 0.106. The van der Waals surface area contributed by atoms with Crippen LogP contribution in [0, 0.1) is 10.1 Å². The second kappa shape index (κ2) is 8.18. The van der Waals surface area contributed by atoms with Gasteiger partial charge in [0.2, 0.25) is 0 Å². The molecule has 0 aromatic heterocycles. The van der Waals surface area contributed by atoms with Gasteiger partial charge in [-0.15, -0.1) is 0 Å². The van der Waals surface area contributed by atoms with E-state index in [9.17, 15) is 24.5 Å². The summed E-state index contributed by atoms with van der Waals surface area (Å²) >= 11 is 0. The number of hydrogen-bond acceptors (Lipinski definition) is 7. The number of carbonyl (C=O) groups excluding carboxylic acids is 3. The van der Waals surface area contributed by atoms with Crippen molar-refractivity contribution in [2.24, 2.45) is 0 Å². The van der Waals surface area contributed by atoms with E-state index in [1.807, 2.05) is 0 Å². The zero-order valence-corrected chi connectivity index (χ0v) is 13.6. The first-order valence-electron chi connectivity index (χ1n) is 7.70. The van der Waals surface area contributed by atoms with Crippen molar-refractivity contribution in [3.05, 3.63) is 51.6 Å². The van der Waals surface area contributed by atoms with Crippen LogP contribution in [0.4, 0.5) is 5.69 Å². The van der Waals surface area contributed by atoms with Gasteiger partial charge in [0.1, 0.15) is 0 Å². The van der Waals surface area contributed by atoms with Gasteiger partial charge in [-0.05, 0) is 30.5 Å². The van der Waals surface area contributed by atoms with E-state index in [0.717, 1.165) is 0 Å². The first-order chi connectivity index (χ1) is 11.9. The number of carbonyl (C=O) groups is 3. The molecule has 132 valence electrons. The van der Waals surface area contributed by atoms with Crippen LogP contribution in [0.2, 0.25) is 0 Å². The van der Waals surface area contributed by atoms with Crippen LogP contribution in [0.3, 0.4) is 0 Å². The van der Waals surface area contributed by atoms with E-state index in [4.69, 9.17) is 9.47 Å². The SMILES string of the molecule is CC(=O)OC1CC=C(CCCOC(=O)c2ccc([N+](=O)[O-])cc2)C1=O. The number of nitro groups is 1. The zero-order chi connectivity index (χ0) is 18.4. The minimum Gasteiger partial charge on any atom is -0.462 e. The molecule has 0 bridgehead atoms. The fourth-order valence-electron chi connectivity index (χ4n) is 2.42. The Bertz CT molecular complexity index is 721. The van der Waals surface area contributed by atoms with Crippen LogP contribution in [-0.2, 0) is 19.1 Å². The van der Waals surface area contributed by atoms with Crippen molar-refractivity contribution in [3.63, 3.8) is 0 Å². The second-order valence-corrected chi connectivity index (χ2v) is 5.47. The number of ketones is 1. The third-order valence-electron chi connectivity index (χ3n) is 3.63. The van der Waals surface area contributed by atoms with Gasteiger partial charge in [0.25, 0.3) is 5.69 Å². The molecule has 8 heteroatoms. The monoisotopic (exact) mass is 347 g/mol. The molecule has 0 fully saturated rings. The van der Waals surface area contributed by atoms with Crippen LogP contribution in [0.5, 0.6) is 0 Å². The van der Waals surface area contributed by atoms with Gasteiger partial charge in [0.05, 0.1) is 17.1 Å². The highest BCUT2D eigenvalue weighted by atomic mass is 16.6. The van der Waals surface area contributed by atoms with Gasteiger partial charge in [0.15, 0.2) is 11.9 Å². The van der Waals surface area contributed by atoms with Crippen LogP contribution in [0.15, 0.2) is 35.9 Å². The van der Waals surface area contributed by atoms with E-state index < -0.39 is 23.0 Å². The average molecular weight is 347 g/mol. The molecule has 0 N–H and O–H groups in total. The van der Waals surface area contributed by atoms with E-state index in [2.05, 4.69) is 0 Å². The maximum absolute atomic E-state index is 12.0. The van der Waals surface area contributed by atoms with Gasteiger partial charge >= 0.3 is 11.9 Å². The predicted molar refractivity (Wildman–Crippen MR) is 85.9 cm³/mol. The fraction of sp³-hybridized carbons (Fsp3) is 0.353. The maximum atomic E-state index is 12.0. The first-order valence-corrected chi connectivity index (χ1v) is 7.70. The van der Waals surface area contributed by atoms with Crippen molar-refractivity contribution < 1.29 is 28.8 Å². The molecule has 1 unspecified atom stereocenters. The molecule has 0 heterocycles. The van der Waals surface area contributed by atoms with Crippen molar-refractivity contribution in [2.75, 3.05) is 6.61 Å². The Labute approximate surface area is 143 Å². The predicted octanol–water partition coefficient (Wildman–Crippen LogP) is 2.36. The van der Waals surface area contributed by atoms with Gasteiger partial charge in [-0.3, -0.25) is 19.7 Å². The number of benzene rings is 1. The maximum Gasteiger partial charge on any atom is 0.338 e. The van der Waals surface area contributed by atoms with Gasteiger partial charge in [-0.1, -0.05) is 6.08 Å². The molecule has 0 amide bonds. The Hall–Kier alpha value is -3.03. The highest BCUT2D eigenvalue weighted by Gasteiger charge is 2.29. The lowest BCUT2D eigenvalue weighted by Gasteiger charge is -2.09. The summed E-state index contributed by atoms with van der Waals surface area (Å²) in [6.45, 7) is 1.36. The summed E-state index contributed by atoms with van der Waals surface area (Å²) in [7, 11) is 0. The molecule has 1 aromatic carbocycles. The number of esters is 2. The van der Waals surface area contributed by atoms with Crippen molar-refractivity contribution >= 4 is 23.4 Å². The normalized spacial score (nSPS) is 16.3. The molecule has 0 radical (unpaired) electrons. The molecule has 8 nitrogen and oxygen atoms in total. The van der Waals surface area contributed by atoms with Crippen molar-refractivity contribution in [2.45, 2.75) is 32.3 Å². The standard InChI is InChI=1S/C17H17NO7/c1-11(19)25-15-9-6-12(16(15)20)3-2-10-24-17(21)13-4-7-14(8-5-13)18(22)23/h4-8,15H,2-3,9-10H2,1H3. The third kappa shape index (κ3) is 4.97. The van der Waals surface area contributed by atoms with Gasteiger partial charge in [0, 0.05) is 25.5 Å². The smallest absolute Gasteiger partial charge is 0.338 e. The van der Waals surface area contributed by atoms with Crippen LogP contribution < -0.4 is 0 Å². The van der Waals surface area contributed by atoms with Crippen LogP contribution in [-0.4, -0.2) is 35.4 Å². The lowest BCUT2D eigenvalue weighted by atomic mass is 10.1. The molecular formula is C17H17NO7. The molecule has 0 saturated heterocycles. The molecule has 25 heavy (non-hydrogen) atoms. The van der Waals surface area contributed by atoms with Gasteiger partial charge in [-0.2, -0.15) is 0 Å². The highest BCUT2D eigenvalue weighted by molar-refractivity contribution is 6.02. The van der Waals surface area contributed by atoms with E-state index in [-0.39, 0.29) is 23.6 Å². The number of rotatable bonds is 7. The number of non-ortho nitro benzene ring substituents is 1. The number of nitrogens with zero attached hydrogens (tertiary/aromatic N) is 1. The Balaban J connectivity index is 1.74. The number of Topliss-reactive ketones (excluding diaryl/α,β-unsaturated/α-hetero) is 1. The van der Waals surface area contributed by atoms with Crippen molar-refractivity contribution in [1.29, 1.82) is 0 Å². The largest absolute Gasteiger partial charge is 0.462 e. The van der Waals surface area contributed by atoms with E-state index in [0.29, 0.717) is 24.8 Å². The summed E-state index contributed by atoms with van der Waals surface area (Å²) in [6, 6.07) is 5.11. The number of nitro benzene ring substituents is 1. The number of ether oxygens (including phenoxy) is 2. The molecular weight excluding hydrogens is 330 g/mol. The summed E-state index contributed by atoms with van der Waals surface area (Å²) in [4.78, 5) is 44.7. The van der Waals surface area contributed by atoms with Crippen molar-refractivity contribution in [3.8, 4) is 0 Å². The fourth-order valence-corrected chi connectivity index (χ4v) is 2.42. The molecule has 1 aromatic rings. The molecule has 1 aliphatic rings. The minimum atomic E-state index is -0.741. The zero-order valence-electron chi connectivity index (χ0n) is 13.6. The third-order valence-corrected chi connectivity index (χ3v) is 3.63. The molecule has 0 saturated carbocycles. The molecule has 0 aliphatic heterocycles. The van der Waals surface area contributed by atoms with Crippen LogP contribution in [0.25, 0.3) is 0 Å². The van der Waals surface area contributed by atoms with Crippen molar-refractivity contribution in [1.82, 2.24) is 0 Å². The van der Waals surface area contributed by atoms with Crippen LogP contribution >= 0.6 is 0 Å². The quantitative estimate of drug-likeness (QED) is 0.322. The average Bonchev–Trinajstić information content (AvgIpc) is 2.91. The van der Waals surface area contributed by atoms with Gasteiger partial charge < -0.3 is 9.47 Å². The lowest BCUT2D eigenvalue weighted by Crippen LogP contribution is -2.22. The van der Waals surface area contributed by atoms with E-state index in [1.54, 1.807) is 6.08 Å². The molecule has 2 rings (SSSR count). The van der Waals surface area contributed by atoms with Crippen LogP contribution in [0.1, 0.15) is 36.5 Å².